The molecule has 0 aromatic heterocycles. The van der Waals surface area contributed by atoms with Crippen LogP contribution >= 0.6 is 0 Å². The smallest absolute Gasteiger partial charge is 0.327 e. The van der Waals surface area contributed by atoms with Crippen LogP contribution in [0.3, 0.4) is 0 Å². The Labute approximate surface area is 97.4 Å². The van der Waals surface area contributed by atoms with E-state index in [0.29, 0.717) is 0 Å². The van der Waals surface area contributed by atoms with Crippen LogP contribution in [0.4, 0.5) is 15.8 Å². The van der Waals surface area contributed by atoms with Crippen molar-refractivity contribution in [2.75, 3.05) is 11.9 Å². The van der Waals surface area contributed by atoms with Crippen molar-refractivity contribution in [1.29, 1.82) is 0 Å². The third-order valence-electron chi connectivity index (χ3n) is 3.18. The Morgan fingerprint density at radius 2 is 2.24 bits per heavy atom. The van der Waals surface area contributed by atoms with Crippen LogP contribution in [0.25, 0.3) is 0 Å². The van der Waals surface area contributed by atoms with Crippen LogP contribution in [-0.4, -0.2) is 22.2 Å². The van der Waals surface area contributed by atoms with Crippen LogP contribution in [0.15, 0.2) is 18.2 Å². The molecule has 0 amide bonds. The lowest BCUT2D eigenvalue weighted by molar-refractivity contribution is -0.386. The van der Waals surface area contributed by atoms with E-state index in [0.717, 1.165) is 25.3 Å². The summed E-state index contributed by atoms with van der Waals surface area (Å²) in [5.74, 6) is -0.868. The van der Waals surface area contributed by atoms with Gasteiger partial charge in [0.2, 0.25) is 5.82 Å². The maximum Gasteiger partial charge on any atom is 0.327 e. The van der Waals surface area contributed by atoms with Gasteiger partial charge in [0.1, 0.15) is 5.69 Å². The average molecular weight is 240 g/mol. The van der Waals surface area contributed by atoms with Gasteiger partial charge in [-0.1, -0.05) is 6.07 Å². The van der Waals surface area contributed by atoms with E-state index in [4.69, 9.17) is 0 Å². The summed E-state index contributed by atoms with van der Waals surface area (Å²) in [6.45, 7) is -0.110. The SMILES string of the molecule is O=[N+]([O-])c1c(F)cccc1NC1(CO)CCC1. The van der Waals surface area contributed by atoms with Crippen molar-refractivity contribution in [3.63, 3.8) is 0 Å². The third kappa shape index (κ3) is 2.08. The van der Waals surface area contributed by atoms with Gasteiger partial charge in [-0.3, -0.25) is 10.1 Å². The Morgan fingerprint density at radius 1 is 1.53 bits per heavy atom. The monoisotopic (exact) mass is 240 g/mol. The van der Waals surface area contributed by atoms with Crippen LogP contribution < -0.4 is 5.32 Å². The van der Waals surface area contributed by atoms with Gasteiger partial charge in [-0.2, -0.15) is 4.39 Å². The van der Waals surface area contributed by atoms with E-state index in [1.807, 2.05) is 0 Å². The first-order valence-corrected chi connectivity index (χ1v) is 5.40. The minimum absolute atomic E-state index is 0.110. The standard InChI is InChI=1S/C11H13FN2O3/c12-8-3-1-4-9(10(8)14(16)17)13-11(7-15)5-2-6-11/h1,3-4,13,15H,2,5-7H2. The molecular formula is C11H13FN2O3. The molecule has 92 valence electrons. The summed E-state index contributed by atoms with van der Waals surface area (Å²) in [6.07, 6.45) is 2.42. The van der Waals surface area contributed by atoms with Gasteiger partial charge < -0.3 is 10.4 Å². The molecule has 0 aliphatic heterocycles. The minimum atomic E-state index is -0.868. The van der Waals surface area contributed by atoms with Crippen molar-refractivity contribution in [1.82, 2.24) is 0 Å². The van der Waals surface area contributed by atoms with E-state index < -0.39 is 22.0 Å². The summed E-state index contributed by atoms with van der Waals surface area (Å²) in [4.78, 5) is 10.0. The molecule has 1 aromatic rings. The normalized spacial score (nSPS) is 17.3. The second-order valence-corrected chi connectivity index (χ2v) is 4.31. The summed E-state index contributed by atoms with van der Waals surface area (Å²) in [5, 5.41) is 23.0. The molecule has 5 nitrogen and oxygen atoms in total. The summed E-state index contributed by atoms with van der Waals surface area (Å²) in [5.41, 5.74) is -0.963. The molecule has 0 radical (unpaired) electrons. The third-order valence-corrected chi connectivity index (χ3v) is 3.18. The molecule has 6 heteroatoms. The molecule has 1 aromatic carbocycles. The van der Waals surface area contributed by atoms with E-state index in [9.17, 15) is 19.6 Å². The fraction of sp³-hybridized carbons (Fsp3) is 0.455. The maximum atomic E-state index is 13.4. The number of para-hydroxylation sites is 1. The van der Waals surface area contributed by atoms with Crippen LogP contribution in [0.2, 0.25) is 0 Å². The molecule has 2 N–H and O–H groups in total. The summed E-state index contributed by atoms with van der Waals surface area (Å²) >= 11 is 0. The second kappa shape index (κ2) is 4.29. The van der Waals surface area contributed by atoms with Crippen LogP contribution in [0.1, 0.15) is 19.3 Å². The molecular weight excluding hydrogens is 227 g/mol. The molecule has 1 fully saturated rings. The Hall–Kier alpha value is -1.69. The Balaban J connectivity index is 2.32. The molecule has 0 bridgehead atoms. The highest BCUT2D eigenvalue weighted by atomic mass is 19.1. The quantitative estimate of drug-likeness (QED) is 0.624. The Morgan fingerprint density at radius 3 is 2.71 bits per heavy atom. The fourth-order valence-electron chi connectivity index (χ4n) is 2.01. The van der Waals surface area contributed by atoms with E-state index in [-0.39, 0.29) is 12.3 Å². The zero-order valence-electron chi connectivity index (χ0n) is 9.15. The topological polar surface area (TPSA) is 75.4 Å². The lowest BCUT2D eigenvalue weighted by atomic mass is 9.77. The predicted molar refractivity (Wildman–Crippen MR) is 60.3 cm³/mol. The summed E-state index contributed by atoms with van der Waals surface area (Å²) in [7, 11) is 0. The van der Waals surface area contributed by atoms with Gasteiger partial charge in [0.05, 0.1) is 17.1 Å². The fourth-order valence-corrected chi connectivity index (χ4v) is 2.01. The van der Waals surface area contributed by atoms with Crippen molar-refractivity contribution < 1.29 is 14.4 Å². The Kier molecular flexibility index (Phi) is 2.97. The first kappa shape index (κ1) is 11.8. The number of aliphatic hydroxyl groups is 1. The highest BCUT2D eigenvalue weighted by Crippen LogP contribution is 2.38. The summed E-state index contributed by atoms with van der Waals surface area (Å²) < 4.78 is 13.4. The second-order valence-electron chi connectivity index (χ2n) is 4.31. The van der Waals surface area contributed by atoms with E-state index in [1.165, 1.54) is 12.1 Å². The number of aliphatic hydroxyl groups excluding tert-OH is 1. The van der Waals surface area contributed by atoms with Gasteiger partial charge >= 0.3 is 5.69 Å². The molecule has 0 heterocycles. The van der Waals surface area contributed by atoms with Gasteiger partial charge in [-0.25, -0.2) is 0 Å². The van der Waals surface area contributed by atoms with Crippen LogP contribution in [0, 0.1) is 15.9 Å². The van der Waals surface area contributed by atoms with Gasteiger partial charge in [-0.15, -0.1) is 0 Å². The van der Waals surface area contributed by atoms with Crippen molar-refractivity contribution in [3.8, 4) is 0 Å². The number of nitrogens with zero attached hydrogens (tertiary/aromatic N) is 1. The molecule has 17 heavy (non-hydrogen) atoms. The first-order chi connectivity index (χ1) is 8.08. The average Bonchev–Trinajstić information content (AvgIpc) is 2.23. The van der Waals surface area contributed by atoms with Gasteiger partial charge in [-0.05, 0) is 31.4 Å². The number of halogens is 1. The lowest BCUT2D eigenvalue weighted by Gasteiger charge is -2.41. The maximum absolute atomic E-state index is 13.4. The number of nitro benzene ring substituents is 1. The number of rotatable bonds is 4. The van der Waals surface area contributed by atoms with Gasteiger partial charge in [0, 0.05) is 0 Å². The van der Waals surface area contributed by atoms with E-state index >= 15 is 0 Å². The van der Waals surface area contributed by atoms with Crippen molar-refractivity contribution >= 4 is 11.4 Å². The van der Waals surface area contributed by atoms with Crippen molar-refractivity contribution in [3.05, 3.63) is 34.1 Å². The largest absolute Gasteiger partial charge is 0.394 e. The van der Waals surface area contributed by atoms with Gasteiger partial charge in [0.25, 0.3) is 0 Å². The van der Waals surface area contributed by atoms with Crippen molar-refractivity contribution in [2.45, 2.75) is 24.8 Å². The van der Waals surface area contributed by atoms with E-state index in [1.54, 1.807) is 0 Å². The zero-order valence-corrected chi connectivity index (χ0v) is 9.15. The minimum Gasteiger partial charge on any atom is -0.394 e. The predicted octanol–water partition coefficient (Wildman–Crippen LogP) is 2.06. The number of anilines is 1. The molecule has 1 saturated carbocycles. The highest BCUT2D eigenvalue weighted by molar-refractivity contribution is 5.63. The molecule has 2 rings (SSSR count). The molecule has 1 aliphatic carbocycles. The first-order valence-electron chi connectivity index (χ1n) is 5.40. The molecule has 1 aliphatic rings. The molecule has 0 unspecified atom stereocenters. The number of benzene rings is 1. The molecule has 0 spiro atoms. The van der Waals surface area contributed by atoms with Crippen LogP contribution in [-0.2, 0) is 0 Å². The van der Waals surface area contributed by atoms with Crippen molar-refractivity contribution in [2.24, 2.45) is 0 Å². The van der Waals surface area contributed by atoms with Gasteiger partial charge in [0.15, 0.2) is 0 Å². The zero-order chi connectivity index (χ0) is 12.5. The number of hydrogen-bond acceptors (Lipinski definition) is 4. The number of nitrogens with one attached hydrogen (secondary N) is 1. The lowest BCUT2D eigenvalue weighted by Crippen LogP contribution is -2.48. The highest BCUT2D eigenvalue weighted by Gasteiger charge is 2.38. The number of hydrogen-bond donors (Lipinski definition) is 2. The number of nitro groups is 1. The van der Waals surface area contributed by atoms with Crippen LogP contribution in [0.5, 0.6) is 0 Å². The Bertz CT molecular complexity index is 441. The molecule has 0 saturated heterocycles. The summed E-state index contributed by atoms with van der Waals surface area (Å²) in [6, 6.07) is 3.92. The van der Waals surface area contributed by atoms with E-state index in [2.05, 4.69) is 5.32 Å². The molecule has 0 atom stereocenters.